The Bertz CT molecular complexity index is 1600. The molecule has 186 valence electrons. The third-order valence-corrected chi connectivity index (χ3v) is 6.44. The van der Waals surface area contributed by atoms with Crippen LogP contribution in [0.1, 0.15) is 18.4 Å². The van der Waals surface area contributed by atoms with Crippen LogP contribution in [-0.4, -0.2) is 49.9 Å². The van der Waals surface area contributed by atoms with Gasteiger partial charge in [0.1, 0.15) is 41.6 Å². The average Bonchev–Trinajstić information content (AvgIpc) is 3.54. The Morgan fingerprint density at radius 3 is 2.81 bits per heavy atom. The lowest BCUT2D eigenvalue weighted by atomic mass is 10.2. The second kappa shape index (κ2) is 9.77. The number of hydrogen-bond acceptors (Lipinski definition) is 7. The molecule has 37 heavy (non-hydrogen) atoms. The normalized spacial score (nSPS) is 13.4. The maximum absolute atomic E-state index is 11.8. The van der Waals surface area contributed by atoms with Gasteiger partial charge < -0.3 is 24.1 Å². The van der Waals surface area contributed by atoms with Gasteiger partial charge in [0.15, 0.2) is 0 Å². The molecule has 4 heterocycles. The lowest BCUT2D eigenvalue weighted by Gasteiger charge is -2.16. The number of anilines is 2. The molecule has 9 nitrogen and oxygen atoms in total. The maximum atomic E-state index is 11.8. The number of fused-ring (bicyclic) bond motifs is 2. The van der Waals surface area contributed by atoms with Crippen LogP contribution in [0.5, 0.6) is 17.2 Å². The van der Waals surface area contributed by atoms with E-state index in [-0.39, 0.29) is 5.91 Å². The number of nitrogens with zero attached hydrogens (tertiary/aromatic N) is 5. The standard InChI is InChI=1S/C28H26N6O3/c1-19-15-20(4-7-25(19)37-22-8-11-33-12-9-29-26(33)17-22)32-28-23-16-21(5-6-24(23)30-18-31-28)36-14-13-34-10-2-3-27(34)35/h4-9,11-12,15-18H,2-3,10,13-14H2,1H3,(H,30,31,32). The van der Waals surface area contributed by atoms with Crippen LogP contribution < -0.4 is 14.8 Å². The van der Waals surface area contributed by atoms with Crippen molar-refractivity contribution in [1.29, 1.82) is 0 Å². The summed E-state index contributed by atoms with van der Waals surface area (Å²) < 4.78 is 14.0. The number of rotatable bonds is 8. The lowest BCUT2D eigenvalue weighted by Crippen LogP contribution is -2.29. The SMILES string of the molecule is Cc1cc(Nc2ncnc3ccc(OCCN4CCCC4=O)cc23)ccc1Oc1ccn2ccnc2c1. The van der Waals surface area contributed by atoms with Gasteiger partial charge in [-0.15, -0.1) is 0 Å². The van der Waals surface area contributed by atoms with Gasteiger partial charge in [0.05, 0.1) is 12.1 Å². The molecule has 1 saturated heterocycles. The zero-order chi connectivity index (χ0) is 25.2. The predicted molar refractivity (Wildman–Crippen MR) is 141 cm³/mol. The van der Waals surface area contributed by atoms with Crippen molar-refractivity contribution in [3.63, 3.8) is 0 Å². The molecule has 6 rings (SSSR count). The number of hydrogen-bond donors (Lipinski definition) is 1. The number of carbonyl (C=O) groups excluding carboxylic acids is 1. The molecule has 3 aromatic heterocycles. The van der Waals surface area contributed by atoms with Gasteiger partial charge in [-0.25, -0.2) is 15.0 Å². The molecule has 0 bridgehead atoms. The minimum Gasteiger partial charge on any atom is -0.492 e. The summed E-state index contributed by atoms with van der Waals surface area (Å²) in [7, 11) is 0. The monoisotopic (exact) mass is 494 g/mol. The lowest BCUT2D eigenvalue weighted by molar-refractivity contribution is -0.128. The fourth-order valence-corrected chi connectivity index (χ4v) is 4.50. The number of aromatic nitrogens is 4. The summed E-state index contributed by atoms with van der Waals surface area (Å²) in [6.45, 7) is 3.85. The van der Waals surface area contributed by atoms with E-state index in [1.807, 2.05) is 77.1 Å². The van der Waals surface area contributed by atoms with E-state index in [4.69, 9.17) is 9.47 Å². The van der Waals surface area contributed by atoms with E-state index in [1.165, 1.54) is 0 Å². The van der Waals surface area contributed by atoms with Crippen molar-refractivity contribution >= 4 is 34.0 Å². The van der Waals surface area contributed by atoms with Crippen LogP contribution in [0.4, 0.5) is 11.5 Å². The van der Waals surface area contributed by atoms with Gasteiger partial charge in [0.2, 0.25) is 5.91 Å². The quantitative estimate of drug-likeness (QED) is 0.320. The second-order valence-electron chi connectivity index (χ2n) is 9.00. The molecule has 0 atom stereocenters. The Labute approximate surface area is 213 Å². The zero-order valence-corrected chi connectivity index (χ0v) is 20.4. The number of benzene rings is 2. The van der Waals surface area contributed by atoms with E-state index in [9.17, 15) is 4.79 Å². The molecule has 1 fully saturated rings. The fourth-order valence-electron chi connectivity index (χ4n) is 4.50. The molecule has 5 aromatic rings. The van der Waals surface area contributed by atoms with Crippen molar-refractivity contribution in [3.05, 3.63) is 79.0 Å². The Morgan fingerprint density at radius 2 is 1.95 bits per heavy atom. The number of pyridine rings is 1. The minimum absolute atomic E-state index is 0.202. The first-order chi connectivity index (χ1) is 18.1. The summed E-state index contributed by atoms with van der Waals surface area (Å²) >= 11 is 0. The zero-order valence-electron chi connectivity index (χ0n) is 20.4. The van der Waals surface area contributed by atoms with Crippen molar-refractivity contribution < 1.29 is 14.3 Å². The molecule has 1 amide bonds. The number of likely N-dealkylation sites (tertiary alicyclic amines) is 1. The Hall–Kier alpha value is -4.66. The third kappa shape index (κ3) is 4.88. The molecular weight excluding hydrogens is 468 g/mol. The number of amides is 1. The van der Waals surface area contributed by atoms with Gasteiger partial charge in [0.25, 0.3) is 0 Å². The Balaban J connectivity index is 1.17. The van der Waals surface area contributed by atoms with E-state index in [0.717, 1.165) is 52.3 Å². The van der Waals surface area contributed by atoms with Crippen LogP contribution in [0.15, 0.2) is 73.4 Å². The van der Waals surface area contributed by atoms with E-state index in [2.05, 4.69) is 20.3 Å². The van der Waals surface area contributed by atoms with Gasteiger partial charge in [-0.1, -0.05) is 0 Å². The minimum atomic E-state index is 0.202. The topological polar surface area (TPSA) is 93.9 Å². The largest absolute Gasteiger partial charge is 0.492 e. The number of carbonyl (C=O) groups is 1. The molecule has 0 unspecified atom stereocenters. The van der Waals surface area contributed by atoms with Crippen LogP contribution in [0.3, 0.4) is 0 Å². The second-order valence-corrected chi connectivity index (χ2v) is 9.00. The number of imidazole rings is 1. The predicted octanol–water partition coefficient (Wildman–Crippen LogP) is 5.12. The summed E-state index contributed by atoms with van der Waals surface area (Å²) in [5.74, 6) is 3.09. The highest BCUT2D eigenvalue weighted by molar-refractivity contribution is 5.91. The van der Waals surface area contributed by atoms with Gasteiger partial charge in [0, 0.05) is 48.7 Å². The Morgan fingerprint density at radius 1 is 1.00 bits per heavy atom. The molecule has 0 aliphatic carbocycles. The molecule has 2 aromatic carbocycles. The number of nitrogens with one attached hydrogen (secondary N) is 1. The van der Waals surface area contributed by atoms with Crippen molar-refractivity contribution in [2.45, 2.75) is 19.8 Å². The van der Waals surface area contributed by atoms with Crippen LogP contribution in [0.2, 0.25) is 0 Å². The summed E-state index contributed by atoms with van der Waals surface area (Å²) in [6.07, 6.45) is 8.68. The first-order valence-corrected chi connectivity index (χ1v) is 12.3. The van der Waals surface area contributed by atoms with E-state index >= 15 is 0 Å². The van der Waals surface area contributed by atoms with Gasteiger partial charge in [-0.05, 0) is 61.4 Å². The van der Waals surface area contributed by atoms with E-state index in [0.29, 0.717) is 31.1 Å². The van der Waals surface area contributed by atoms with Crippen molar-refractivity contribution in [2.24, 2.45) is 0 Å². The first kappa shape index (κ1) is 22.8. The number of ether oxygens (including phenoxy) is 2. The molecule has 1 aliphatic rings. The first-order valence-electron chi connectivity index (χ1n) is 12.3. The van der Waals surface area contributed by atoms with Crippen LogP contribution >= 0.6 is 0 Å². The summed E-state index contributed by atoms with van der Waals surface area (Å²) in [4.78, 5) is 26.8. The van der Waals surface area contributed by atoms with Crippen LogP contribution in [-0.2, 0) is 4.79 Å². The molecule has 9 heteroatoms. The molecule has 0 radical (unpaired) electrons. The smallest absolute Gasteiger partial charge is 0.222 e. The van der Waals surface area contributed by atoms with E-state index in [1.54, 1.807) is 12.5 Å². The third-order valence-electron chi connectivity index (χ3n) is 6.44. The highest BCUT2D eigenvalue weighted by Gasteiger charge is 2.19. The molecule has 0 spiro atoms. The van der Waals surface area contributed by atoms with Gasteiger partial charge >= 0.3 is 0 Å². The summed E-state index contributed by atoms with van der Waals surface area (Å²) in [5, 5.41) is 4.26. The maximum Gasteiger partial charge on any atom is 0.222 e. The van der Waals surface area contributed by atoms with Crippen molar-refractivity contribution in [3.8, 4) is 17.2 Å². The molecule has 1 N–H and O–H groups in total. The van der Waals surface area contributed by atoms with Crippen molar-refractivity contribution in [2.75, 3.05) is 25.0 Å². The highest BCUT2D eigenvalue weighted by Crippen LogP contribution is 2.31. The summed E-state index contributed by atoms with van der Waals surface area (Å²) in [5.41, 5.74) is 3.50. The fraction of sp³-hybridized carbons (Fsp3) is 0.214. The van der Waals surface area contributed by atoms with Crippen molar-refractivity contribution in [1.82, 2.24) is 24.3 Å². The molecular formula is C28H26N6O3. The van der Waals surface area contributed by atoms with Crippen LogP contribution in [0, 0.1) is 6.92 Å². The summed E-state index contributed by atoms with van der Waals surface area (Å²) in [6, 6.07) is 15.5. The Kier molecular flexibility index (Phi) is 6.02. The van der Waals surface area contributed by atoms with E-state index < -0.39 is 0 Å². The highest BCUT2D eigenvalue weighted by atomic mass is 16.5. The van der Waals surface area contributed by atoms with Crippen LogP contribution in [0.25, 0.3) is 16.6 Å². The van der Waals surface area contributed by atoms with Gasteiger partial charge in [-0.2, -0.15) is 0 Å². The number of aryl methyl sites for hydroxylation is 1. The molecule has 1 aliphatic heterocycles. The van der Waals surface area contributed by atoms with Gasteiger partial charge in [-0.3, -0.25) is 4.79 Å². The average molecular weight is 495 g/mol. The molecule has 0 saturated carbocycles.